The number of nitrogens with one attached hydrogen (secondary N) is 1. The number of rotatable bonds is 2. The van der Waals surface area contributed by atoms with Gasteiger partial charge in [-0.3, -0.25) is 9.36 Å². The Morgan fingerprint density at radius 2 is 2.36 bits per heavy atom. The molecule has 8 nitrogen and oxygen atoms in total. The topological polar surface area (TPSA) is 97.0 Å². The molecule has 8 heteroatoms. The number of amides is 1. The maximum absolute atomic E-state index is 12.3. The standard InChI is InChI=1S/C14H13N5O3/c20-13(11-2-1-5-22-11)18-4-3-9(7-18)19-12-10(17-14(19)21)6-15-8-16-12/h1-2,5-6,8-9H,3-4,7H2,(H,17,21). The Bertz CT molecular complexity index is 879. The van der Waals surface area contributed by atoms with Gasteiger partial charge in [0.25, 0.3) is 5.91 Å². The Kier molecular flexibility index (Phi) is 2.81. The molecule has 4 heterocycles. The van der Waals surface area contributed by atoms with Gasteiger partial charge in [0.1, 0.15) is 11.8 Å². The van der Waals surface area contributed by atoms with Crippen molar-refractivity contribution in [2.75, 3.05) is 13.1 Å². The SMILES string of the molecule is O=C(c1ccco1)N1CCC(n2c(=O)[nH]c3cncnc32)C1. The van der Waals surface area contributed by atoms with E-state index in [9.17, 15) is 9.59 Å². The van der Waals surface area contributed by atoms with E-state index in [1.165, 1.54) is 12.6 Å². The van der Waals surface area contributed by atoms with Crippen LogP contribution in [0.3, 0.4) is 0 Å². The molecule has 0 spiro atoms. The third-order valence-electron chi connectivity index (χ3n) is 3.93. The summed E-state index contributed by atoms with van der Waals surface area (Å²) < 4.78 is 6.74. The molecule has 112 valence electrons. The normalized spacial score (nSPS) is 18.2. The van der Waals surface area contributed by atoms with Crippen LogP contribution in [0.4, 0.5) is 0 Å². The molecule has 22 heavy (non-hydrogen) atoms. The molecule has 3 aromatic heterocycles. The van der Waals surface area contributed by atoms with Crippen LogP contribution >= 0.6 is 0 Å². The van der Waals surface area contributed by atoms with Crippen LogP contribution in [-0.2, 0) is 0 Å². The number of hydrogen-bond acceptors (Lipinski definition) is 5. The summed E-state index contributed by atoms with van der Waals surface area (Å²) in [4.78, 5) is 36.9. The van der Waals surface area contributed by atoms with Crippen LogP contribution in [0.25, 0.3) is 11.2 Å². The van der Waals surface area contributed by atoms with Gasteiger partial charge >= 0.3 is 5.69 Å². The van der Waals surface area contributed by atoms with Crippen molar-refractivity contribution >= 4 is 17.1 Å². The molecule has 1 aliphatic rings. The van der Waals surface area contributed by atoms with Gasteiger partial charge in [-0.2, -0.15) is 0 Å². The molecule has 1 unspecified atom stereocenters. The Morgan fingerprint density at radius 1 is 1.45 bits per heavy atom. The number of fused-ring (bicyclic) bond motifs is 1. The Hall–Kier alpha value is -2.90. The summed E-state index contributed by atoms with van der Waals surface area (Å²) in [5.74, 6) is 0.157. The third kappa shape index (κ3) is 1.92. The minimum Gasteiger partial charge on any atom is -0.459 e. The zero-order valence-electron chi connectivity index (χ0n) is 11.6. The lowest BCUT2D eigenvalue weighted by atomic mass is 10.2. The number of aromatic nitrogens is 4. The average molecular weight is 299 g/mol. The predicted molar refractivity (Wildman–Crippen MR) is 76.4 cm³/mol. The van der Waals surface area contributed by atoms with Crippen LogP contribution in [-0.4, -0.2) is 43.4 Å². The van der Waals surface area contributed by atoms with E-state index in [2.05, 4.69) is 15.0 Å². The Morgan fingerprint density at radius 3 is 3.18 bits per heavy atom. The fourth-order valence-electron chi connectivity index (χ4n) is 2.91. The first-order valence-corrected chi connectivity index (χ1v) is 6.97. The Balaban J connectivity index is 1.64. The van der Waals surface area contributed by atoms with Gasteiger partial charge in [0, 0.05) is 13.1 Å². The molecule has 1 fully saturated rings. The summed E-state index contributed by atoms with van der Waals surface area (Å²) in [6.45, 7) is 1.03. The number of furan rings is 1. The van der Waals surface area contributed by atoms with Gasteiger partial charge in [-0.25, -0.2) is 14.8 Å². The smallest absolute Gasteiger partial charge is 0.328 e. The zero-order valence-corrected chi connectivity index (χ0v) is 11.6. The highest BCUT2D eigenvalue weighted by molar-refractivity contribution is 5.91. The molecule has 0 saturated carbocycles. The van der Waals surface area contributed by atoms with Crippen LogP contribution in [0, 0.1) is 0 Å². The fraction of sp³-hybridized carbons (Fsp3) is 0.286. The van der Waals surface area contributed by atoms with Crippen LogP contribution in [0.15, 0.2) is 40.1 Å². The van der Waals surface area contributed by atoms with Crippen molar-refractivity contribution < 1.29 is 9.21 Å². The lowest BCUT2D eigenvalue weighted by Gasteiger charge is -2.15. The van der Waals surface area contributed by atoms with Gasteiger partial charge in [-0.15, -0.1) is 0 Å². The van der Waals surface area contributed by atoms with E-state index in [4.69, 9.17) is 4.42 Å². The minimum atomic E-state index is -0.229. The summed E-state index contributed by atoms with van der Waals surface area (Å²) in [5.41, 5.74) is 0.938. The largest absolute Gasteiger partial charge is 0.459 e. The van der Waals surface area contributed by atoms with Gasteiger partial charge in [-0.05, 0) is 18.6 Å². The molecule has 1 aliphatic heterocycles. The molecule has 1 saturated heterocycles. The van der Waals surface area contributed by atoms with Crippen LogP contribution in [0.1, 0.15) is 23.0 Å². The van der Waals surface area contributed by atoms with E-state index in [0.717, 1.165) is 0 Å². The van der Waals surface area contributed by atoms with Crippen LogP contribution in [0.2, 0.25) is 0 Å². The second kappa shape index (κ2) is 4.83. The summed E-state index contributed by atoms with van der Waals surface area (Å²) in [6, 6.07) is 3.22. The minimum absolute atomic E-state index is 0.102. The number of carbonyl (C=O) groups excluding carboxylic acids is 1. The summed E-state index contributed by atoms with van der Waals surface area (Å²) >= 11 is 0. The van der Waals surface area contributed by atoms with E-state index in [1.54, 1.807) is 27.8 Å². The number of carbonyl (C=O) groups is 1. The van der Waals surface area contributed by atoms with Gasteiger partial charge in [0.15, 0.2) is 11.4 Å². The molecule has 1 N–H and O–H groups in total. The fourth-order valence-corrected chi connectivity index (χ4v) is 2.91. The highest BCUT2D eigenvalue weighted by Crippen LogP contribution is 2.24. The maximum Gasteiger partial charge on any atom is 0.328 e. The molecular weight excluding hydrogens is 286 g/mol. The lowest BCUT2D eigenvalue weighted by molar-refractivity contribution is 0.0756. The van der Waals surface area contributed by atoms with Gasteiger partial charge in [0.2, 0.25) is 0 Å². The number of aromatic amines is 1. The quantitative estimate of drug-likeness (QED) is 0.755. The van der Waals surface area contributed by atoms with Gasteiger partial charge < -0.3 is 14.3 Å². The van der Waals surface area contributed by atoms with Crippen LogP contribution in [0.5, 0.6) is 0 Å². The van der Waals surface area contributed by atoms with E-state index in [-0.39, 0.29) is 17.6 Å². The van der Waals surface area contributed by atoms with Crippen molar-refractivity contribution in [1.82, 2.24) is 24.4 Å². The van der Waals surface area contributed by atoms with E-state index in [1.807, 2.05) is 0 Å². The Labute approximate surface area is 124 Å². The van der Waals surface area contributed by atoms with E-state index in [0.29, 0.717) is 36.4 Å². The third-order valence-corrected chi connectivity index (χ3v) is 3.93. The van der Waals surface area contributed by atoms with Gasteiger partial charge in [0.05, 0.1) is 18.5 Å². The highest BCUT2D eigenvalue weighted by atomic mass is 16.3. The van der Waals surface area contributed by atoms with Crippen molar-refractivity contribution in [1.29, 1.82) is 0 Å². The number of H-pyrrole nitrogens is 1. The molecule has 0 bridgehead atoms. The molecular formula is C14H13N5O3. The number of likely N-dealkylation sites (tertiary alicyclic amines) is 1. The molecule has 0 aromatic carbocycles. The first kappa shape index (κ1) is 12.8. The molecule has 0 aliphatic carbocycles. The highest BCUT2D eigenvalue weighted by Gasteiger charge is 2.31. The number of nitrogens with zero attached hydrogens (tertiary/aromatic N) is 4. The molecule has 4 rings (SSSR count). The van der Waals surface area contributed by atoms with Crippen molar-refractivity contribution in [3.05, 3.63) is 47.2 Å². The zero-order chi connectivity index (χ0) is 15.1. The first-order valence-electron chi connectivity index (χ1n) is 6.97. The van der Waals surface area contributed by atoms with E-state index < -0.39 is 0 Å². The maximum atomic E-state index is 12.3. The summed E-state index contributed by atoms with van der Waals surface area (Å²) in [7, 11) is 0. The summed E-state index contributed by atoms with van der Waals surface area (Å²) in [6.07, 6.45) is 5.15. The molecule has 1 atom stereocenters. The van der Waals surface area contributed by atoms with Crippen molar-refractivity contribution in [2.24, 2.45) is 0 Å². The summed E-state index contributed by atoms with van der Waals surface area (Å²) in [5, 5.41) is 0. The lowest BCUT2D eigenvalue weighted by Crippen LogP contribution is -2.30. The number of hydrogen-bond donors (Lipinski definition) is 1. The molecule has 3 aromatic rings. The molecule has 1 amide bonds. The average Bonchev–Trinajstić information content (AvgIpc) is 3.25. The second-order valence-corrected chi connectivity index (χ2v) is 5.23. The molecule has 0 radical (unpaired) electrons. The van der Waals surface area contributed by atoms with Crippen LogP contribution < -0.4 is 5.69 Å². The van der Waals surface area contributed by atoms with Crippen molar-refractivity contribution in [3.63, 3.8) is 0 Å². The van der Waals surface area contributed by atoms with Crippen molar-refractivity contribution in [2.45, 2.75) is 12.5 Å². The number of imidazole rings is 1. The first-order chi connectivity index (χ1) is 10.7. The van der Waals surface area contributed by atoms with E-state index >= 15 is 0 Å². The van der Waals surface area contributed by atoms with Crippen molar-refractivity contribution in [3.8, 4) is 0 Å². The van der Waals surface area contributed by atoms with Gasteiger partial charge in [-0.1, -0.05) is 0 Å². The monoisotopic (exact) mass is 299 g/mol. The second-order valence-electron chi connectivity index (χ2n) is 5.23. The predicted octanol–water partition coefficient (Wildman–Crippen LogP) is 0.800.